The highest BCUT2D eigenvalue weighted by Crippen LogP contribution is 2.22. The second kappa shape index (κ2) is 8.42. The number of nitrogens with zero attached hydrogens (tertiary/aromatic N) is 2. The van der Waals surface area contributed by atoms with E-state index in [9.17, 15) is 0 Å². The SMILES string of the molecule is CCc1nnc(NC(CC)CSC)c(C(N)=S)c1CC. The zero-order valence-electron chi connectivity index (χ0n) is 12.7. The lowest BCUT2D eigenvalue weighted by molar-refractivity contribution is 0.759. The predicted octanol–water partition coefficient (Wildman–Crippen LogP) is 2.79. The number of anilines is 1. The Balaban J connectivity index is 3.22. The predicted molar refractivity (Wildman–Crippen MR) is 92.8 cm³/mol. The maximum atomic E-state index is 5.92. The summed E-state index contributed by atoms with van der Waals surface area (Å²) in [5.41, 5.74) is 8.90. The Labute approximate surface area is 131 Å². The lowest BCUT2D eigenvalue weighted by Gasteiger charge is -2.20. The molecule has 1 rings (SSSR count). The zero-order valence-corrected chi connectivity index (χ0v) is 14.3. The van der Waals surface area contributed by atoms with Crippen molar-refractivity contribution in [2.45, 2.75) is 46.1 Å². The Kier molecular flexibility index (Phi) is 7.23. The van der Waals surface area contributed by atoms with Crippen LogP contribution in [0.25, 0.3) is 0 Å². The maximum Gasteiger partial charge on any atom is 0.159 e. The van der Waals surface area contributed by atoms with Gasteiger partial charge in [0.2, 0.25) is 0 Å². The third kappa shape index (κ3) is 4.06. The van der Waals surface area contributed by atoms with Crippen molar-refractivity contribution < 1.29 is 0 Å². The van der Waals surface area contributed by atoms with Crippen LogP contribution in [-0.2, 0) is 12.8 Å². The largest absolute Gasteiger partial charge is 0.389 e. The number of rotatable bonds is 8. The molecule has 4 nitrogen and oxygen atoms in total. The van der Waals surface area contributed by atoms with Crippen LogP contribution in [0.4, 0.5) is 5.82 Å². The van der Waals surface area contributed by atoms with Crippen LogP contribution in [0.3, 0.4) is 0 Å². The number of nitrogens with one attached hydrogen (secondary N) is 1. The van der Waals surface area contributed by atoms with Gasteiger partial charge in [0.05, 0.1) is 11.3 Å². The summed E-state index contributed by atoms with van der Waals surface area (Å²) in [6.07, 6.45) is 4.83. The summed E-state index contributed by atoms with van der Waals surface area (Å²) in [6, 6.07) is 0.351. The normalized spacial score (nSPS) is 12.2. The molecule has 6 heteroatoms. The smallest absolute Gasteiger partial charge is 0.159 e. The third-order valence-electron chi connectivity index (χ3n) is 3.29. The van der Waals surface area contributed by atoms with E-state index in [4.69, 9.17) is 18.0 Å². The third-order valence-corrected chi connectivity index (χ3v) is 4.23. The molecule has 0 bridgehead atoms. The molecule has 20 heavy (non-hydrogen) atoms. The molecule has 1 unspecified atom stereocenters. The van der Waals surface area contributed by atoms with Gasteiger partial charge in [0, 0.05) is 11.8 Å². The van der Waals surface area contributed by atoms with E-state index in [1.165, 1.54) is 0 Å². The highest BCUT2D eigenvalue weighted by molar-refractivity contribution is 7.98. The van der Waals surface area contributed by atoms with Crippen molar-refractivity contribution in [3.8, 4) is 0 Å². The average molecular weight is 313 g/mol. The fourth-order valence-corrected chi connectivity index (χ4v) is 3.14. The first-order chi connectivity index (χ1) is 9.58. The van der Waals surface area contributed by atoms with E-state index in [1.54, 1.807) is 0 Å². The summed E-state index contributed by atoms with van der Waals surface area (Å²) >= 11 is 7.04. The van der Waals surface area contributed by atoms with Gasteiger partial charge in [0.1, 0.15) is 4.99 Å². The van der Waals surface area contributed by atoms with Crippen molar-refractivity contribution in [3.05, 3.63) is 16.8 Å². The van der Waals surface area contributed by atoms with Gasteiger partial charge in [-0.2, -0.15) is 16.9 Å². The fourth-order valence-electron chi connectivity index (χ4n) is 2.20. The number of thioether (sulfide) groups is 1. The first-order valence-electron chi connectivity index (χ1n) is 7.02. The van der Waals surface area contributed by atoms with Gasteiger partial charge < -0.3 is 11.1 Å². The van der Waals surface area contributed by atoms with Crippen molar-refractivity contribution in [2.24, 2.45) is 5.73 Å². The highest BCUT2D eigenvalue weighted by Gasteiger charge is 2.18. The van der Waals surface area contributed by atoms with E-state index in [-0.39, 0.29) is 0 Å². The average Bonchev–Trinajstić information content (AvgIpc) is 2.45. The molecule has 0 spiro atoms. The molecule has 1 heterocycles. The van der Waals surface area contributed by atoms with Crippen LogP contribution in [0.2, 0.25) is 0 Å². The molecule has 3 N–H and O–H groups in total. The minimum atomic E-state index is 0.351. The van der Waals surface area contributed by atoms with Crippen LogP contribution in [0, 0.1) is 0 Å². The Bertz CT molecular complexity index is 463. The molecule has 1 atom stereocenters. The lowest BCUT2D eigenvalue weighted by atomic mass is 10.0. The highest BCUT2D eigenvalue weighted by atomic mass is 32.2. The van der Waals surface area contributed by atoms with Gasteiger partial charge in [0.25, 0.3) is 0 Å². The zero-order chi connectivity index (χ0) is 15.1. The van der Waals surface area contributed by atoms with Crippen molar-refractivity contribution >= 4 is 34.8 Å². The van der Waals surface area contributed by atoms with Gasteiger partial charge in [-0.3, -0.25) is 0 Å². The molecule has 0 saturated carbocycles. The van der Waals surface area contributed by atoms with E-state index in [2.05, 4.69) is 42.5 Å². The van der Waals surface area contributed by atoms with E-state index < -0.39 is 0 Å². The van der Waals surface area contributed by atoms with E-state index in [0.717, 1.165) is 47.7 Å². The second-order valence-corrected chi connectivity index (χ2v) is 5.98. The van der Waals surface area contributed by atoms with Crippen LogP contribution >= 0.6 is 24.0 Å². The molecule has 1 aromatic rings. The quantitative estimate of drug-likeness (QED) is 0.720. The maximum absolute atomic E-state index is 5.92. The molecule has 112 valence electrons. The van der Waals surface area contributed by atoms with Crippen LogP contribution in [0.1, 0.15) is 44.0 Å². The monoisotopic (exact) mass is 312 g/mol. The Hall–Kier alpha value is -0.880. The molecule has 0 aliphatic carbocycles. The van der Waals surface area contributed by atoms with Crippen molar-refractivity contribution in [1.29, 1.82) is 0 Å². The van der Waals surface area contributed by atoms with E-state index >= 15 is 0 Å². The van der Waals surface area contributed by atoms with Crippen molar-refractivity contribution in [1.82, 2.24) is 10.2 Å². The molecular weight excluding hydrogens is 288 g/mol. The number of nitrogens with two attached hydrogens (primary N) is 1. The molecule has 0 saturated heterocycles. The molecule has 0 aromatic carbocycles. The second-order valence-electron chi connectivity index (χ2n) is 4.63. The summed E-state index contributed by atoms with van der Waals surface area (Å²) in [5, 5.41) is 12.1. The summed E-state index contributed by atoms with van der Waals surface area (Å²) in [4.78, 5) is 0.396. The van der Waals surface area contributed by atoms with Crippen LogP contribution in [-0.4, -0.2) is 33.2 Å². The van der Waals surface area contributed by atoms with Gasteiger partial charge in [-0.05, 0) is 31.1 Å². The summed E-state index contributed by atoms with van der Waals surface area (Å²) in [5.74, 6) is 1.75. The Morgan fingerprint density at radius 3 is 2.45 bits per heavy atom. The van der Waals surface area contributed by atoms with Gasteiger partial charge in [-0.15, -0.1) is 5.10 Å². The first kappa shape index (κ1) is 17.2. The van der Waals surface area contributed by atoms with Crippen LogP contribution in [0.5, 0.6) is 0 Å². The molecule has 0 amide bonds. The summed E-state index contributed by atoms with van der Waals surface area (Å²) in [7, 11) is 0. The fraction of sp³-hybridized carbons (Fsp3) is 0.643. The molecule has 0 aliphatic rings. The number of hydrogen-bond acceptors (Lipinski definition) is 5. The van der Waals surface area contributed by atoms with Crippen molar-refractivity contribution in [2.75, 3.05) is 17.3 Å². The van der Waals surface area contributed by atoms with Gasteiger partial charge in [-0.1, -0.05) is 33.0 Å². The number of aryl methyl sites for hydroxylation is 1. The van der Waals surface area contributed by atoms with E-state index in [0.29, 0.717) is 11.0 Å². The first-order valence-corrected chi connectivity index (χ1v) is 8.82. The summed E-state index contributed by atoms with van der Waals surface area (Å²) in [6.45, 7) is 6.33. The Morgan fingerprint density at radius 1 is 1.30 bits per heavy atom. The van der Waals surface area contributed by atoms with Gasteiger partial charge >= 0.3 is 0 Å². The topological polar surface area (TPSA) is 63.8 Å². The Morgan fingerprint density at radius 2 is 2.00 bits per heavy atom. The molecule has 0 aliphatic heterocycles. The van der Waals surface area contributed by atoms with E-state index in [1.807, 2.05) is 11.8 Å². The minimum absolute atomic E-state index is 0.351. The molecule has 0 fully saturated rings. The van der Waals surface area contributed by atoms with Crippen molar-refractivity contribution in [3.63, 3.8) is 0 Å². The van der Waals surface area contributed by atoms with Gasteiger partial charge in [-0.25, -0.2) is 0 Å². The van der Waals surface area contributed by atoms with Gasteiger partial charge in [0.15, 0.2) is 5.82 Å². The van der Waals surface area contributed by atoms with Crippen LogP contribution in [0.15, 0.2) is 0 Å². The molecule has 1 aromatic heterocycles. The lowest BCUT2D eigenvalue weighted by Crippen LogP contribution is -2.26. The number of thiocarbonyl (C=S) groups is 1. The number of hydrogen-bond donors (Lipinski definition) is 2. The summed E-state index contributed by atoms with van der Waals surface area (Å²) < 4.78 is 0. The molecule has 0 radical (unpaired) electrons. The number of aromatic nitrogens is 2. The minimum Gasteiger partial charge on any atom is -0.389 e. The molecular formula is C14H24N4S2. The standard InChI is InChI=1S/C14H24N4S2/c1-5-9(8-20-4)16-14-12(13(15)19)10(6-2)11(7-3)17-18-14/h9H,5-8H2,1-4H3,(H2,15,19)(H,16,18). The van der Waals surface area contributed by atoms with Crippen LogP contribution < -0.4 is 11.1 Å².